The summed E-state index contributed by atoms with van der Waals surface area (Å²) in [6.07, 6.45) is 1.41. The molecule has 1 aliphatic rings. The summed E-state index contributed by atoms with van der Waals surface area (Å²) in [5.74, 6) is -1.20. The maximum atomic E-state index is 13.2. The van der Waals surface area contributed by atoms with Crippen molar-refractivity contribution >= 4 is 69.5 Å². The van der Waals surface area contributed by atoms with Crippen molar-refractivity contribution in [3.63, 3.8) is 0 Å². The minimum Gasteiger partial charge on any atom is -0.494 e. The molecule has 172 valence electrons. The minimum absolute atomic E-state index is 0.0316. The number of hydrogen-bond donors (Lipinski definition) is 2. The molecule has 0 atom stereocenters. The second kappa shape index (κ2) is 10.6. The van der Waals surface area contributed by atoms with E-state index in [0.29, 0.717) is 27.2 Å². The van der Waals surface area contributed by atoms with Gasteiger partial charge in [-0.15, -0.1) is 0 Å². The number of thiocarbonyl (C=S) groups is 1. The van der Waals surface area contributed by atoms with Gasteiger partial charge in [-0.1, -0.05) is 0 Å². The summed E-state index contributed by atoms with van der Waals surface area (Å²) in [5.41, 5.74) is 0.829. The molecule has 1 fully saturated rings. The fourth-order valence-corrected chi connectivity index (χ4v) is 4.08. The van der Waals surface area contributed by atoms with E-state index in [4.69, 9.17) is 31.5 Å². The van der Waals surface area contributed by atoms with E-state index in [1.165, 1.54) is 18.1 Å². The first-order chi connectivity index (χ1) is 15.7. The predicted molar refractivity (Wildman–Crippen MR) is 133 cm³/mol. The van der Waals surface area contributed by atoms with E-state index in [-0.39, 0.29) is 22.2 Å². The molecule has 0 spiro atoms. The van der Waals surface area contributed by atoms with E-state index in [1.54, 1.807) is 36.4 Å². The smallest absolute Gasteiger partial charge is 0.341 e. The molecule has 11 heteroatoms. The van der Waals surface area contributed by atoms with Crippen LogP contribution in [-0.2, 0) is 14.4 Å². The van der Waals surface area contributed by atoms with Gasteiger partial charge in [0.25, 0.3) is 11.8 Å². The molecule has 0 saturated carbocycles. The van der Waals surface area contributed by atoms with Crippen molar-refractivity contribution in [3.05, 3.63) is 51.1 Å². The van der Waals surface area contributed by atoms with Gasteiger partial charge in [-0.3, -0.25) is 19.8 Å². The molecule has 9 nitrogen and oxygen atoms in total. The Morgan fingerprint density at radius 2 is 1.91 bits per heavy atom. The Hall–Kier alpha value is -3.19. The van der Waals surface area contributed by atoms with Gasteiger partial charge >= 0.3 is 5.97 Å². The minimum atomic E-state index is -1.13. The first-order valence-electron chi connectivity index (χ1n) is 9.61. The molecule has 0 aliphatic carbocycles. The third kappa shape index (κ3) is 5.60. The van der Waals surface area contributed by atoms with Gasteiger partial charge in [0.15, 0.2) is 23.2 Å². The van der Waals surface area contributed by atoms with E-state index >= 15 is 0 Å². The molecule has 33 heavy (non-hydrogen) atoms. The summed E-state index contributed by atoms with van der Waals surface area (Å²) >= 11 is 7.18. The lowest BCUT2D eigenvalue weighted by atomic mass is 10.1. The standard InChI is InChI=1S/C22H19IN2O7S/c1-3-31-14-6-4-13(5-7-14)25-21(29)15(20(28)24-22(25)33)8-12-9-16(23)19(17(10-12)30-2)32-11-18(26)27/h4-10H,3,11H2,1-2H3,(H,26,27)(H,24,28,33)/b15-8+. The summed E-state index contributed by atoms with van der Waals surface area (Å²) in [5, 5.41) is 11.4. The van der Waals surface area contributed by atoms with Crippen LogP contribution in [-0.4, -0.2) is 48.3 Å². The number of carbonyl (C=O) groups is 3. The number of nitrogens with zero attached hydrogens (tertiary/aromatic N) is 1. The number of methoxy groups -OCH3 is 1. The Morgan fingerprint density at radius 3 is 2.52 bits per heavy atom. The number of aliphatic carboxylic acids is 1. The van der Waals surface area contributed by atoms with Gasteiger partial charge in [0.05, 0.1) is 23.0 Å². The number of carboxylic acids is 1. The number of carbonyl (C=O) groups excluding carboxylic acids is 2. The highest BCUT2D eigenvalue weighted by Crippen LogP contribution is 2.35. The van der Waals surface area contributed by atoms with Crippen molar-refractivity contribution in [2.24, 2.45) is 0 Å². The molecular weight excluding hydrogens is 563 g/mol. The molecule has 2 amide bonds. The lowest BCUT2D eigenvalue weighted by Gasteiger charge is -2.29. The third-order valence-electron chi connectivity index (χ3n) is 4.41. The average molecular weight is 582 g/mol. The van der Waals surface area contributed by atoms with Crippen molar-refractivity contribution in [1.29, 1.82) is 0 Å². The van der Waals surface area contributed by atoms with Crippen LogP contribution in [0.15, 0.2) is 42.0 Å². The summed E-state index contributed by atoms with van der Waals surface area (Å²) in [6, 6.07) is 9.94. The second-order valence-electron chi connectivity index (χ2n) is 6.60. The lowest BCUT2D eigenvalue weighted by molar-refractivity contribution is -0.139. The molecule has 2 N–H and O–H groups in total. The molecular formula is C22H19IN2O7S. The summed E-state index contributed by atoms with van der Waals surface area (Å²) in [6.45, 7) is 1.83. The topological polar surface area (TPSA) is 114 Å². The van der Waals surface area contributed by atoms with Crippen LogP contribution in [0.25, 0.3) is 6.08 Å². The Labute approximate surface area is 208 Å². The van der Waals surface area contributed by atoms with Crippen LogP contribution < -0.4 is 24.4 Å². The van der Waals surface area contributed by atoms with Crippen molar-refractivity contribution in [2.75, 3.05) is 25.2 Å². The van der Waals surface area contributed by atoms with Gasteiger partial charge in [-0.05, 0) is 89.8 Å². The summed E-state index contributed by atoms with van der Waals surface area (Å²) in [4.78, 5) is 37.8. The zero-order valence-electron chi connectivity index (χ0n) is 17.6. The van der Waals surface area contributed by atoms with Crippen molar-refractivity contribution in [2.45, 2.75) is 6.92 Å². The highest BCUT2D eigenvalue weighted by atomic mass is 127. The molecule has 1 aliphatic heterocycles. The van der Waals surface area contributed by atoms with Crippen LogP contribution in [0.1, 0.15) is 12.5 Å². The van der Waals surface area contributed by atoms with E-state index < -0.39 is 24.4 Å². The number of hydrogen-bond acceptors (Lipinski definition) is 7. The molecule has 1 heterocycles. The second-order valence-corrected chi connectivity index (χ2v) is 8.15. The molecule has 0 unspecified atom stereocenters. The number of benzene rings is 2. The molecule has 0 aromatic heterocycles. The Kier molecular flexibility index (Phi) is 7.87. The van der Waals surface area contributed by atoms with Crippen molar-refractivity contribution in [3.8, 4) is 17.2 Å². The first kappa shape index (κ1) is 24.5. The lowest BCUT2D eigenvalue weighted by Crippen LogP contribution is -2.54. The monoisotopic (exact) mass is 582 g/mol. The number of amides is 2. The van der Waals surface area contributed by atoms with Crippen molar-refractivity contribution in [1.82, 2.24) is 5.32 Å². The van der Waals surface area contributed by atoms with Gasteiger partial charge < -0.3 is 19.3 Å². The number of anilines is 1. The maximum absolute atomic E-state index is 13.2. The van der Waals surface area contributed by atoms with Crippen LogP contribution in [0.4, 0.5) is 5.69 Å². The largest absolute Gasteiger partial charge is 0.494 e. The number of ether oxygens (including phenoxy) is 3. The highest BCUT2D eigenvalue weighted by Gasteiger charge is 2.34. The third-order valence-corrected chi connectivity index (χ3v) is 5.50. The Balaban J connectivity index is 1.95. The van der Waals surface area contributed by atoms with Gasteiger partial charge in [-0.25, -0.2) is 4.79 Å². The van der Waals surface area contributed by atoms with Crippen LogP contribution in [0, 0.1) is 3.57 Å². The number of rotatable bonds is 8. The van der Waals surface area contributed by atoms with Crippen LogP contribution in [0.2, 0.25) is 0 Å². The van der Waals surface area contributed by atoms with Gasteiger partial charge in [0, 0.05) is 0 Å². The van der Waals surface area contributed by atoms with Crippen molar-refractivity contribution < 1.29 is 33.7 Å². The fourth-order valence-electron chi connectivity index (χ4n) is 3.01. The average Bonchev–Trinajstić information content (AvgIpc) is 2.76. The number of halogens is 1. The van der Waals surface area contributed by atoms with E-state index in [0.717, 1.165) is 0 Å². The SMILES string of the molecule is CCOc1ccc(N2C(=O)/C(=C/c3cc(I)c(OCC(=O)O)c(OC)c3)C(=O)NC2=S)cc1. The van der Waals surface area contributed by atoms with E-state index in [9.17, 15) is 14.4 Å². The molecule has 1 saturated heterocycles. The molecule has 0 bridgehead atoms. The molecule has 3 rings (SSSR count). The van der Waals surface area contributed by atoms with E-state index in [2.05, 4.69) is 5.32 Å². The van der Waals surface area contributed by atoms with Crippen LogP contribution in [0.3, 0.4) is 0 Å². The fraction of sp³-hybridized carbons (Fsp3) is 0.182. The number of carboxylic acid groups (broad SMARTS) is 1. The van der Waals surface area contributed by atoms with Crippen LogP contribution in [0.5, 0.6) is 17.2 Å². The zero-order valence-corrected chi connectivity index (χ0v) is 20.6. The molecule has 2 aromatic carbocycles. The molecule has 2 aromatic rings. The summed E-state index contributed by atoms with van der Waals surface area (Å²) in [7, 11) is 1.40. The predicted octanol–water partition coefficient (Wildman–Crippen LogP) is 2.99. The van der Waals surface area contributed by atoms with Gasteiger partial charge in [0.1, 0.15) is 11.3 Å². The Morgan fingerprint density at radius 1 is 1.21 bits per heavy atom. The number of nitrogens with one attached hydrogen (secondary N) is 1. The summed E-state index contributed by atoms with van der Waals surface area (Å²) < 4.78 is 16.6. The molecule has 0 radical (unpaired) electrons. The van der Waals surface area contributed by atoms with Gasteiger partial charge in [0.2, 0.25) is 0 Å². The maximum Gasteiger partial charge on any atom is 0.341 e. The van der Waals surface area contributed by atoms with Gasteiger partial charge in [-0.2, -0.15) is 0 Å². The zero-order chi connectivity index (χ0) is 24.1. The first-order valence-corrected chi connectivity index (χ1v) is 11.1. The Bertz CT molecular complexity index is 1150. The quantitative estimate of drug-likeness (QED) is 0.212. The highest BCUT2D eigenvalue weighted by molar-refractivity contribution is 14.1. The normalized spacial score (nSPS) is 14.8. The van der Waals surface area contributed by atoms with E-state index in [1.807, 2.05) is 29.5 Å². The van der Waals surface area contributed by atoms with Crippen LogP contribution >= 0.6 is 34.8 Å².